The quantitative estimate of drug-likeness (QED) is 0.660. The fraction of sp³-hybridized carbons (Fsp3) is 0.286. The number of aromatic nitrogens is 2. The van der Waals surface area contributed by atoms with E-state index in [4.69, 9.17) is 5.84 Å². The lowest BCUT2D eigenvalue weighted by Gasteiger charge is -2.10. The zero-order valence-electron chi connectivity index (χ0n) is 11.0. The second kappa shape index (κ2) is 5.00. The molecule has 1 aromatic heterocycles. The van der Waals surface area contributed by atoms with E-state index in [0.29, 0.717) is 17.2 Å². The second-order valence-electron chi connectivity index (χ2n) is 4.89. The highest BCUT2D eigenvalue weighted by atomic mass is 19.4. The molecule has 1 heterocycles. The van der Waals surface area contributed by atoms with E-state index in [0.717, 1.165) is 42.7 Å². The summed E-state index contributed by atoms with van der Waals surface area (Å²) in [5, 5.41) is 0. The molecule has 0 radical (unpaired) electrons. The number of benzene rings is 1. The first-order chi connectivity index (χ1) is 9.99. The number of rotatable bonds is 2. The van der Waals surface area contributed by atoms with Gasteiger partial charge in [-0.3, -0.25) is 0 Å². The van der Waals surface area contributed by atoms with E-state index >= 15 is 0 Å². The normalized spacial score (nSPS) is 14.1. The van der Waals surface area contributed by atoms with Gasteiger partial charge in [-0.2, -0.15) is 13.2 Å². The van der Waals surface area contributed by atoms with Gasteiger partial charge in [-0.05, 0) is 31.4 Å². The van der Waals surface area contributed by atoms with Crippen LogP contribution in [0, 0.1) is 0 Å². The van der Waals surface area contributed by atoms with Crippen molar-refractivity contribution in [3.05, 3.63) is 41.1 Å². The molecule has 0 saturated heterocycles. The largest absolute Gasteiger partial charge is 0.416 e. The maximum atomic E-state index is 12.6. The molecule has 2 aromatic rings. The zero-order chi connectivity index (χ0) is 15.0. The first-order valence-electron chi connectivity index (χ1n) is 6.53. The molecule has 1 aliphatic rings. The number of hydrogen-bond donors (Lipinski definition) is 2. The molecule has 0 aliphatic heterocycles. The molecule has 0 unspecified atom stereocenters. The van der Waals surface area contributed by atoms with Crippen molar-refractivity contribution < 1.29 is 13.2 Å². The van der Waals surface area contributed by atoms with Gasteiger partial charge in [-0.15, -0.1) is 0 Å². The van der Waals surface area contributed by atoms with Crippen LogP contribution in [0.25, 0.3) is 11.4 Å². The van der Waals surface area contributed by atoms with Crippen LogP contribution in [0.1, 0.15) is 23.2 Å². The molecular formula is C14H13F3N4. The van der Waals surface area contributed by atoms with Gasteiger partial charge in [0.15, 0.2) is 5.82 Å². The van der Waals surface area contributed by atoms with E-state index < -0.39 is 11.7 Å². The molecule has 4 nitrogen and oxygen atoms in total. The summed E-state index contributed by atoms with van der Waals surface area (Å²) in [5.41, 5.74) is 4.29. The Balaban J connectivity index is 2.01. The first-order valence-corrected chi connectivity index (χ1v) is 6.53. The van der Waals surface area contributed by atoms with E-state index in [1.165, 1.54) is 12.1 Å². The summed E-state index contributed by atoms with van der Waals surface area (Å²) in [7, 11) is 0. The number of halogens is 3. The lowest BCUT2D eigenvalue weighted by molar-refractivity contribution is -0.137. The van der Waals surface area contributed by atoms with Crippen LogP contribution in [0.4, 0.5) is 19.0 Å². The lowest BCUT2D eigenvalue weighted by Crippen LogP contribution is -2.13. The summed E-state index contributed by atoms with van der Waals surface area (Å²) in [6.45, 7) is 0. The van der Waals surface area contributed by atoms with Crippen LogP contribution in [0.5, 0.6) is 0 Å². The Kier molecular flexibility index (Phi) is 3.29. The molecule has 3 N–H and O–H groups in total. The van der Waals surface area contributed by atoms with Crippen molar-refractivity contribution in [2.45, 2.75) is 25.4 Å². The minimum Gasteiger partial charge on any atom is -0.308 e. The molecular weight excluding hydrogens is 281 g/mol. The number of aryl methyl sites for hydroxylation is 1. The SMILES string of the molecule is NNc1nc(-c2ccc(C(F)(F)F)cc2)nc2c1CCC2. The Hall–Kier alpha value is -2.15. The summed E-state index contributed by atoms with van der Waals surface area (Å²) < 4.78 is 37.7. The number of fused-ring (bicyclic) bond motifs is 1. The average molecular weight is 294 g/mol. The molecule has 0 amide bonds. The predicted molar refractivity (Wildman–Crippen MR) is 72.3 cm³/mol. The Bertz CT molecular complexity index is 665. The maximum absolute atomic E-state index is 12.6. The molecule has 0 atom stereocenters. The molecule has 0 bridgehead atoms. The topological polar surface area (TPSA) is 63.8 Å². The van der Waals surface area contributed by atoms with Crippen molar-refractivity contribution in [1.29, 1.82) is 0 Å². The lowest BCUT2D eigenvalue weighted by atomic mass is 10.1. The van der Waals surface area contributed by atoms with Gasteiger partial charge in [0.05, 0.1) is 5.56 Å². The summed E-state index contributed by atoms with van der Waals surface area (Å²) in [6, 6.07) is 4.81. The van der Waals surface area contributed by atoms with Gasteiger partial charge in [-0.1, -0.05) is 12.1 Å². The smallest absolute Gasteiger partial charge is 0.308 e. The summed E-state index contributed by atoms with van der Waals surface area (Å²) in [5.74, 6) is 6.40. The highest BCUT2D eigenvalue weighted by Crippen LogP contribution is 2.32. The molecule has 1 aliphatic carbocycles. The van der Waals surface area contributed by atoms with Gasteiger partial charge in [-0.25, -0.2) is 15.8 Å². The number of nitrogens with two attached hydrogens (primary N) is 1. The molecule has 0 saturated carbocycles. The molecule has 7 heteroatoms. The van der Waals surface area contributed by atoms with Crippen LogP contribution in [0.3, 0.4) is 0 Å². The van der Waals surface area contributed by atoms with E-state index in [1.54, 1.807) is 0 Å². The molecule has 1 aromatic carbocycles. The van der Waals surface area contributed by atoms with Crippen LogP contribution in [-0.2, 0) is 19.0 Å². The zero-order valence-corrected chi connectivity index (χ0v) is 11.0. The summed E-state index contributed by atoms with van der Waals surface area (Å²) in [4.78, 5) is 8.73. The van der Waals surface area contributed by atoms with Crippen LogP contribution in [0.15, 0.2) is 24.3 Å². The average Bonchev–Trinajstić information content (AvgIpc) is 2.93. The highest BCUT2D eigenvalue weighted by Gasteiger charge is 2.30. The van der Waals surface area contributed by atoms with Crippen molar-refractivity contribution in [3.8, 4) is 11.4 Å². The van der Waals surface area contributed by atoms with Gasteiger partial charge < -0.3 is 5.43 Å². The third-order valence-corrected chi connectivity index (χ3v) is 3.54. The van der Waals surface area contributed by atoms with Crippen molar-refractivity contribution in [1.82, 2.24) is 9.97 Å². The van der Waals surface area contributed by atoms with Gasteiger partial charge in [0.25, 0.3) is 0 Å². The number of anilines is 1. The second-order valence-corrected chi connectivity index (χ2v) is 4.89. The molecule has 0 spiro atoms. The summed E-state index contributed by atoms with van der Waals surface area (Å²) >= 11 is 0. The van der Waals surface area contributed by atoms with Gasteiger partial charge in [0.2, 0.25) is 0 Å². The van der Waals surface area contributed by atoms with E-state index in [2.05, 4.69) is 15.4 Å². The number of alkyl halides is 3. The fourth-order valence-electron chi connectivity index (χ4n) is 2.49. The van der Waals surface area contributed by atoms with Crippen molar-refractivity contribution in [2.75, 3.05) is 5.43 Å². The van der Waals surface area contributed by atoms with Gasteiger partial charge >= 0.3 is 6.18 Å². The van der Waals surface area contributed by atoms with E-state index in [-0.39, 0.29) is 0 Å². The number of nitrogens with zero attached hydrogens (tertiary/aromatic N) is 2. The molecule has 21 heavy (non-hydrogen) atoms. The number of hydrazine groups is 1. The van der Waals surface area contributed by atoms with Crippen LogP contribution in [0.2, 0.25) is 0 Å². The third-order valence-electron chi connectivity index (χ3n) is 3.54. The third kappa shape index (κ3) is 2.56. The standard InChI is InChI=1S/C14H13F3N4/c15-14(16,17)9-6-4-8(5-7-9)12-19-11-3-1-2-10(11)13(20-12)21-18/h4-7H,1-3,18H2,(H,19,20,21). The van der Waals surface area contributed by atoms with Crippen molar-refractivity contribution in [3.63, 3.8) is 0 Å². The van der Waals surface area contributed by atoms with Crippen LogP contribution in [-0.4, -0.2) is 9.97 Å². The minimum atomic E-state index is -4.35. The van der Waals surface area contributed by atoms with Crippen LogP contribution < -0.4 is 11.3 Å². The fourth-order valence-corrected chi connectivity index (χ4v) is 2.49. The van der Waals surface area contributed by atoms with Crippen LogP contribution >= 0.6 is 0 Å². The van der Waals surface area contributed by atoms with E-state index in [1.807, 2.05) is 0 Å². The van der Waals surface area contributed by atoms with Gasteiger partial charge in [0, 0.05) is 16.8 Å². The number of nitrogen functional groups attached to an aromatic ring is 1. The number of hydrogen-bond acceptors (Lipinski definition) is 4. The Labute approximate surface area is 119 Å². The van der Waals surface area contributed by atoms with Crippen molar-refractivity contribution in [2.24, 2.45) is 5.84 Å². The summed E-state index contributed by atoms with van der Waals surface area (Å²) in [6.07, 6.45) is -1.67. The molecule has 3 rings (SSSR count). The first kappa shape index (κ1) is 13.8. The number of nitrogens with one attached hydrogen (secondary N) is 1. The highest BCUT2D eigenvalue weighted by molar-refractivity contribution is 5.60. The Morgan fingerprint density at radius 3 is 2.38 bits per heavy atom. The maximum Gasteiger partial charge on any atom is 0.416 e. The predicted octanol–water partition coefficient (Wildman–Crippen LogP) is 2.94. The van der Waals surface area contributed by atoms with E-state index in [9.17, 15) is 13.2 Å². The minimum absolute atomic E-state index is 0.386. The van der Waals surface area contributed by atoms with Gasteiger partial charge in [0.1, 0.15) is 5.82 Å². The monoisotopic (exact) mass is 294 g/mol. The molecule has 0 fully saturated rings. The Morgan fingerprint density at radius 2 is 1.76 bits per heavy atom. The Morgan fingerprint density at radius 1 is 1.05 bits per heavy atom. The molecule has 110 valence electrons. The van der Waals surface area contributed by atoms with Crippen molar-refractivity contribution >= 4 is 5.82 Å².